The lowest BCUT2D eigenvalue weighted by Gasteiger charge is -2.37. The largest absolute Gasteiger partial charge is 0.357 e. The van der Waals surface area contributed by atoms with Gasteiger partial charge in [-0.1, -0.05) is 35.9 Å². The fourth-order valence-corrected chi connectivity index (χ4v) is 2.97. The minimum atomic E-state index is 0. The summed E-state index contributed by atoms with van der Waals surface area (Å²) in [6, 6.07) is 14.7. The van der Waals surface area contributed by atoms with Crippen LogP contribution >= 0.6 is 24.0 Å². The lowest BCUT2D eigenvalue weighted by atomic mass is 10.1. The van der Waals surface area contributed by atoms with E-state index in [1.807, 2.05) is 18.3 Å². The highest BCUT2D eigenvalue weighted by Gasteiger charge is 2.20. The maximum atomic E-state index is 4.83. The first-order chi connectivity index (χ1) is 12.3. The van der Waals surface area contributed by atoms with E-state index in [0.29, 0.717) is 6.54 Å². The summed E-state index contributed by atoms with van der Waals surface area (Å²) in [6.45, 7) is 9.66. The van der Waals surface area contributed by atoms with Crippen molar-refractivity contribution in [3.05, 3.63) is 59.8 Å². The lowest BCUT2D eigenvalue weighted by molar-refractivity contribution is 0.371. The van der Waals surface area contributed by atoms with Gasteiger partial charge in [0.15, 0.2) is 5.96 Å². The first-order valence-electron chi connectivity index (χ1n) is 9.01. The number of nitrogens with zero attached hydrogens (tertiary/aromatic N) is 4. The van der Waals surface area contributed by atoms with Crippen LogP contribution in [0.5, 0.6) is 0 Å². The van der Waals surface area contributed by atoms with Crippen molar-refractivity contribution in [3.8, 4) is 0 Å². The van der Waals surface area contributed by atoms with Crippen LogP contribution < -0.4 is 10.2 Å². The van der Waals surface area contributed by atoms with Gasteiger partial charge in [0.25, 0.3) is 0 Å². The number of guanidine groups is 1. The quantitative estimate of drug-likeness (QED) is 0.428. The predicted molar refractivity (Wildman–Crippen MR) is 119 cm³/mol. The van der Waals surface area contributed by atoms with Gasteiger partial charge < -0.3 is 15.1 Å². The molecule has 1 N–H and O–H groups in total. The van der Waals surface area contributed by atoms with E-state index in [0.717, 1.165) is 44.5 Å². The second-order valence-electron chi connectivity index (χ2n) is 6.32. The molecule has 2 aromatic rings. The van der Waals surface area contributed by atoms with Crippen LogP contribution in [0, 0.1) is 6.92 Å². The van der Waals surface area contributed by atoms with Crippen molar-refractivity contribution in [3.63, 3.8) is 0 Å². The average Bonchev–Trinajstić information content (AvgIpc) is 2.67. The molecule has 0 unspecified atom stereocenters. The van der Waals surface area contributed by atoms with Gasteiger partial charge >= 0.3 is 0 Å². The molecular formula is C20H28IN5. The molecule has 0 bridgehead atoms. The predicted octanol–water partition coefficient (Wildman–Crippen LogP) is 3.30. The van der Waals surface area contributed by atoms with Crippen molar-refractivity contribution in [2.45, 2.75) is 20.4 Å². The SMILES string of the molecule is CCNC(=NCc1ccc(C)cc1)N1CCN(c2ccccn2)CC1.I. The second kappa shape index (κ2) is 10.4. The molecule has 1 aliphatic heterocycles. The number of aromatic nitrogens is 1. The highest BCUT2D eigenvalue weighted by Crippen LogP contribution is 2.13. The molecule has 1 aromatic carbocycles. The Bertz CT molecular complexity index is 679. The highest BCUT2D eigenvalue weighted by molar-refractivity contribution is 14.0. The fraction of sp³-hybridized carbons (Fsp3) is 0.400. The van der Waals surface area contributed by atoms with Crippen LogP contribution in [0.1, 0.15) is 18.1 Å². The molecule has 1 saturated heterocycles. The van der Waals surface area contributed by atoms with E-state index in [1.54, 1.807) is 0 Å². The third-order valence-electron chi connectivity index (χ3n) is 4.42. The zero-order valence-electron chi connectivity index (χ0n) is 15.6. The minimum absolute atomic E-state index is 0. The van der Waals surface area contributed by atoms with E-state index < -0.39 is 0 Å². The number of aliphatic imine (C=N–C) groups is 1. The first-order valence-corrected chi connectivity index (χ1v) is 9.01. The van der Waals surface area contributed by atoms with Gasteiger partial charge in [-0.15, -0.1) is 24.0 Å². The topological polar surface area (TPSA) is 43.8 Å². The molecular weight excluding hydrogens is 437 g/mol. The molecule has 0 spiro atoms. The summed E-state index contributed by atoms with van der Waals surface area (Å²) in [5.41, 5.74) is 2.53. The van der Waals surface area contributed by atoms with Gasteiger partial charge in [-0.25, -0.2) is 9.98 Å². The lowest BCUT2D eigenvalue weighted by Crippen LogP contribution is -2.52. The van der Waals surface area contributed by atoms with Gasteiger partial charge in [0.1, 0.15) is 5.82 Å². The molecule has 5 nitrogen and oxygen atoms in total. The van der Waals surface area contributed by atoms with Crippen LogP contribution in [0.15, 0.2) is 53.7 Å². The number of nitrogens with one attached hydrogen (secondary N) is 1. The maximum absolute atomic E-state index is 4.83. The number of anilines is 1. The maximum Gasteiger partial charge on any atom is 0.194 e. The summed E-state index contributed by atoms with van der Waals surface area (Å²) in [5.74, 6) is 2.06. The molecule has 2 heterocycles. The number of rotatable bonds is 4. The summed E-state index contributed by atoms with van der Waals surface area (Å²) < 4.78 is 0. The van der Waals surface area contributed by atoms with Crippen molar-refractivity contribution in [2.24, 2.45) is 4.99 Å². The summed E-state index contributed by atoms with van der Waals surface area (Å²) in [6.07, 6.45) is 1.86. The molecule has 0 saturated carbocycles. The van der Waals surface area contributed by atoms with Crippen molar-refractivity contribution in [1.82, 2.24) is 15.2 Å². The van der Waals surface area contributed by atoms with E-state index in [9.17, 15) is 0 Å². The Kier molecular flexibility index (Phi) is 8.15. The van der Waals surface area contributed by atoms with Gasteiger partial charge in [0.05, 0.1) is 6.54 Å². The zero-order chi connectivity index (χ0) is 17.5. The molecule has 1 fully saturated rings. The average molecular weight is 465 g/mol. The molecule has 1 aromatic heterocycles. The summed E-state index contributed by atoms with van der Waals surface area (Å²) in [4.78, 5) is 14.0. The molecule has 1 aliphatic rings. The number of aryl methyl sites for hydroxylation is 1. The Morgan fingerprint density at radius 2 is 1.81 bits per heavy atom. The second-order valence-corrected chi connectivity index (χ2v) is 6.32. The highest BCUT2D eigenvalue weighted by atomic mass is 127. The van der Waals surface area contributed by atoms with E-state index in [2.05, 4.69) is 64.3 Å². The molecule has 0 atom stereocenters. The van der Waals surface area contributed by atoms with E-state index >= 15 is 0 Å². The number of halogens is 1. The normalized spacial score (nSPS) is 14.8. The Labute approximate surface area is 173 Å². The van der Waals surface area contributed by atoms with Crippen molar-refractivity contribution in [1.29, 1.82) is 0 Å². The minimum Gasteiger partial charge on any atom is -0.357 e. The van der Waals surface area contributed by atoms with Crippen molar-refractivity contribution in [2.75, 3.05) is 37.6 Å². The zero-order valence-corrected chi connectivity index (χ0v) is 17.9. The van der Waals surface area contributed by atoms with Crippen LogP contribution in [0.2, 0.25) is 0 Å². The summed E-state index contributed by atoms with van der Waals surface area (Å²) in [7, 11) is 0. The van der Waals surface area contributed by atoms with E-state index in [4.69, 9.17) is 4.99 Å². The number of pyridine rings is 1. The molecule has 0 aliphatic carbocycles. The van der Waals surface area contributed by atoms with E-state index in [-0.39, 0.29) is 24.0 Å². The van der Waals surface area contributed by atoms with Gasteiger partial charge in [-0.05, 0) is 31.5 Å². The number of hydrogen-bond acceptors (Lipinski definition) is 3. The van der Waals surface area contributed by atoms with Crippen LogP contribution in [0.3, 0.4) is 0 Å². The standard InChI is InChI=1S/C20H27N5.HI/c1-3-21-20(23-16-18-9-7-17(2)8-10-18)25-14-12-24(13-15-25)19-6-4-5-11-22-19;/h4-11H,3,12-16H2,1-2H3,(H,21,23);1H. The number of piperazine rings is 1. The van der Waals surface area contributed by atoms with Crippen LogP contribution in [-0.4, -0.2) is 48.6 Å². The molecule has 3 rings (SSSR count). The van der Waals surface area contributed by atoms with Gasteiger partial charge in [0.2, 0.25) is 0 Å². The Morgan fingerprint density at radius 1 is 1.08 bits per heavy atom. The van der Waals surface area contributed by atoms with Crippen LogP contribution in [0.4, 0.5) is 5.82 Å². The van der Waals surface area contributed by atoms with E-state index in [1.165, 1.54) is 11.1 Å². The third-order valence-corrected chi connectivity index (χ3v) is 4.42. The van der Waals surface area contributed by atoms with Gasteiger partial charge in [-0.3, -0.25) is 0 Å². The Hall–Kier alpha value is -1.83. The Balaban J connectivity index is 0.00000243. The number of hydrogen-bond donors (Lipinski definition) is 1. The molecule has 0 amide bonds. The fourth-order valence-electron chi connectivity index (χ4n) is 2.97. The van der Waals surface area contributed by atoms with Gasteiger partial charge in [-0.2, -0.15) is 0 Å². The van der Waals surface area contributed by atoms with Crippen LogP contribution in [0.25, 0.3) is 0 Å². The summed E-state index contributed by atoms with van der Waals surface area (Å²) in [5, 5.41) is 3.43. The third kappa shape index (κ3) is 5.59. The molecule has 140 valence electrons. The summed E-state index contributed by atoms with van der Waals surface area (Å²) >= 11 is 0. The molecule has 6 heteroatoms. The molecule has 26 heavy (non-hydrogen) atoms. The van der Waals surface area contributed by atoms with Crippen molar-refractivity contribution >= 4 is 35.8 Å². The molecule has 0 radical (unpaired) electrons. The first kappa shape index (κ1) is 20.5. The van der Waals surface area contributed by atoms with Crippen molar-refractivity contribution < 1.29 is 0 Å². The van der Waals surface area contributed by atoms with Gasteiger partial charge in [0, 0.05) is 38.9 Å². The van der Waals surface area contributed by atoms with Crippen LogP contribution in [-0.2, 0) is 6.54 Å². The monoisotopic (exact) mass is 465 g/mol. The smallest absolute Gasteiger partial charge is 0.194 e. The Morgan fingerprint density at radius 3 is 2.42 bits per heavy atom. The number of benzene rings is 1.